The molecule has 0 saturated heterocycles. The number of ether oxygens (including phenoxy) is 1. The van der Waals surface area contributed by atoms with Crippen molar-refractivity contribution in [1.29, 1.82) is 0 Å². The second-order valence-electron chi connectivity index (χ2n) is 4.79. The second-order valence-corrected chi connectivity index (χ2v) is 4.79. The van der Waals surface area contributed by atoms with Crippen LogP contribution >= 0.6 is 0 Å². The van der Waals surface area contributed by atoms with Gasteiger partial charge in [0.15, 0.2) is 0 Å². The summed E-state index contributed by atoms with van der Waals surface area (Å²) in [5.74, 6) is 1.71. The van der Waals surface area contributed by atoms with E-state index in [4.69, 9.17) is 4.74 Å². The van der Waals surface area contributed by atoms with Crippen molar-refractivity contribution in [3.8, 4) is 11.5 Å². The topological polar surface area (TPSA) is 50.8 Å². The summed E-state index contributed by atoms with van der Waals surface area (Å²) in [5.41, 5.74) is 2.90. The van der Waals surface area contributed by atoms with Crippen LogP contribution in [0.2, 0.25) is 0 Å². The van der Waals surface area contributed by atoms with Crippen molar-refractivity contribution >= 4 is 11.0 Å². The molecule has 3 aromatic rings. The van der Waals surface area contributed by atoms with Gasteiger partial charge in [-0.05, 0) is 36.6 Å². The fourth-order valence-corrected chi connectivity index (χ4v) is 2.19. The number of benzene rings is 2. The Bertz CT molecular complexity index is 706. The molecule has 1 heterocycles. The van der Waals surface area contributed by atoms with Crippen LogP contribution in [0.25, 0.3) is 11.0 Å². The molecular weight excluding hydrogens is 250 g/mol. The summed E-state index contributed by atoms with van der Waals surface area (Å²) < 4.78 is 6.00. The molecule has 1 aromatic heterocycles. The Morgan fingerprint density at radius 3 is 2.80 bits per heavy atom. The Hall–Kier alpha value is -2.36. The van der Waals surface area contributed by atoms with Crippen molar-refractivity contribution in [2.24, 2.45) is 0 Å². The quantitative estimate of drug-likeness (QED) is 0.757. The van der Waals surface area contributed by atoms with Crippen molar-refractivity contribution in [3.05, 3.63) is 48.0 Å². The smallest absolute Gasteiger partial charge is 0.130 e. The van der Waals surface area contributed by atoms with Crippen LogP contribution in [0.15, 0.2) is 42.5 Å². The predicted molar refractivity (Wildman–Crippen MR) is 79.0 cm³/mol. The zero-order valence-corrected chi connectivity index (χ0v) is 11.5. The van der Waals surface area contributed by atoms with Crippen molar-refractivity contribution in [3.63, 3.8) is 0 Å². The maximum atomic E-state index is 6.00. The van der Waals surface area contributed by atoms with E-state index in [9.17, 15) is 0 Å². The standard InChI is InChI=1S/C16H17N3O/c1-2-3-6-12-7-4-5-8-16(12)20-13-9-10-14-15(11-13)18-19-17-14/h4-5,7-11H,2-3,6H2,1H3,(H,17,18,19). The number of hydrogen-bond acceptors (Lipinski definition) is 3. The molecule has 0 aliphatic rings. The summed E-state index contributed by atoms with van der Waals surface area (Å²) >= 11 is 0. The number of nitrogens with zero attached hydrogens (tertiary/aromatic N) is 2. The Morgan fingerprint density at radius 1 is 1.05 bits per heavy atom. The van der Waals surface area contributed by atoms with Crippen LogP contribution in [0.3, 0.4) is 0 Å². The summed E-state index contributed by atoms with van der Waals surface area (Å²) in [6, 6.07) is 13.9. The maximum absolute atomic E-state index is 6.00. The molecule has 0 bridgehead atoms. The fraction of sp³-hybridized carbons (Fsp3) is 0.250. The number of H-pyrrole nitrogens is 1. The monoisotopic (exact) mass is 267 g/mol. The van der Waals surface area contributed by atoms with E-state index in [2.05, 4.69) is 34.5 Å². The summed E-state index contributed by atoms with van der Waals surface area (Å²) in [6.07, 6.45) is 3.39. The normalized spacial score (nSPS) is 10.8. The number of unbranched alkanes of at least 4 members (excludes halogenated alkanes) is 1. The number of rotatable bonds is 5. The van der Waals surface area contributed by atoms with Crippen LogP contribution in [0.4, 0.5) is 0 Å². The number of aromatic nitrogens is 3. The molecule has 0 radical (unpaired) electrons. The van der Waals surface area contributed by atoms with Gasteiger partial charge < -0.3 is 4.74 Å². The number of hydrogen-bond donors (Lipinski definition) is 1. The van der Waals surface area contributed by atoms with Crippen LogP contribution in [0.5, 0.6) is 11.5 Å². The van der Waals surface area contributed by atoms with E-state index in [1.807, 2.05) is 30.3 Å². The molecule has 0 spiro atoms. The minimum absolute atomic E-state index is 0.787. The largest absolute Gasteiger partial charge is 0.457 e. The summed E-state index contributed by atoms with van der Waals surface area (Å²) in [6.45, 7) is 2.20. The molecule has 2 aromatic carbocycles. The minimum Gasteiger partial charge on any atom is -0.457 e. The number of nitrogens with one attached hydrogen (secondary N) is 1. The fourth-order valence-electron chi connectivity index (χ4n) is 2.19. The van der Waals surface area contributed by atoms with Gasteiger partial charge in [0.1, 0.15) is 22.5 Å². The van der Waals surface area contributed by atoms with Crippen molar-refractivity contribution in [1.82, 2.24) is 15.4 Å². The lowest BCUT2D eigenvalue weighted by atomic mass is 10.1. The summed E-state index contributed by atoms with van der Waals surface area (Å²) in [5, 5.41) is 10.7. The molecule has 102 valence electrons. The average Bonchev–Trinajstić information content (AvgIpc) is 2.94. The minimum atomic E-state index is 0.787. The van der Waals surface area contributed by atoms with Crippen LogP contribution in [0, 0.1) is 0 Å². The lowest BCUT2D eigenvalue weighted by molar-refractivity contribution is 0.475. The van der Waals surface area contributed by atoms with E-state index >= 15 is 0 Å². The molecular formula is C16H17N3O. The summed E-state index contributed by atoms with van der Waals surface area (Å²) in [7, 11) is 0. The first-order chi connectivity index (χ1) is 9.86. The highest BCUT2D eigenvalue weighted by Gasteiger charge is 2.06. The van der Waals surface area contributed by atoms with Crippen molar-refractivity contribution < 1.29 is 4.74 Å². The van der Waals surface area contributed by atoms with E-state index in [0.717, 1.165) is 29.0 Å². The molecule has 0 saturated carbocycles. The number of aromatic amines is 1. The first kappa shape index (κ1) is 12.7. The Kier molecular flexibility index (Phi) is 3.63. The van der Waals surface area contributed by atoms with Gasteiger partial charge in [0.2, 0.25) is 0 Å². The van der Waals surface area contributed by atoms with Gasteiger partial charge in [-0.3, -0.25) is 0 Å². The Labute approximate surface area is 117 Å². The third-order valence-electron chi connectivity index (χ3n) is 3.29. The lowest BCUT2D eigenvalue weighted by Crippen LogP contribution is -1.92. The zero-order chi connectivity index (χ0) is 13.8. The predicted octanol–water partition coefficient (Wildman–Crippen LogP) is 4.09. The molecule has 0 fully saturated rings. The number of aryl methyl sites for hydroxylation is 1. The van der Waals surface area contributed by atoms with E-state index in [1.165, 1.54) is 18.4 Å². The third-order valence-corrected chi connectivity index (χ3v) is 3.29. The molecule has 0 atom stereocenters. The van der Waals surface area contributed by atoms with E-state index in [1.54, 1.807) is 0 Å². The average molecular weight is 267 g/mol. The zero-order valence-electron chi connectivity index (χ0n) is 11.5. The van der Waals surface area contributed by atoms with Crippen molar-refractivity contribution in [2.45, 2.75) is 26.2 Å². The van der Waals surface area contributed by atoms with E-state index in [0.29, 0.717) is 0 Å². The molecule has 4 nitrogen and oxygen atoms in total. The molecule has 0 amide bonds. The molecule has 4 heteroatoms. The van der Waals surface area contributed by atoms with Crippen LogP contribution in [-0.2, 0) is 6.42 Å². The van der Waals surface area contributed by atoms with E-state index in [-0.39, 0.29) is 0 Å². The highest BCUT2D eigenvalue weighted by atomic mass is 16.5. The van der Waals surface area contributed by atoms with E-state index < -0.39 is 0 Å². The highest BCUT2D eigenvalue weighted by Crippen LogP contribution is 2.27. The Morgan fingerprint density at radius 2 is 1.90 bits per heavy atom. The van der Waals surface area contributed by atoms with Crippen LogP contribution in [0.1, 0.15) is 25.3 Å². The van der Waals surface area contributed by atoms with Gasteiger partial charge >= 0.3 is 0 Å². The van der Waals surface area contributed by atoms with Gasteiger partial charge in [0.25, 0.3) is 0 Å². The molecule has 0 unspecified atom stereocenters. The summed E-state index contributed by atoms with van der Waals surface area (Å²) in [4.78, 5) is 0. The molecule has 0 aliphatic heterocycles. The van der Waals surface area contributed by atoms with Crippen LogP contribution in [-0.4, -0.2) is 15.4 Å². The lowest BCUT2D eigenvalue weighted by Gasteiger charge is -2.10. The molecule has 1 N–H and O–H groups in total. The third kappa shape index (κ3) is 2.64. The number of para-hydroxylation sites is 1. The van der Waals surface area contributed by atoms with Crippen LogP contribution < -0.4 is 4.74 Å². The van der Waals surface area contributed by atoms with Gasteiger partial charge in [-0.2, -0.15) is 15.4 Å². The first-order valence-electron chi connectivity index (χ1n) is 6.93. The molecule has 0 aliphatic carbocycles. The van der Waals surface area contributed by atoms with Gasteiger partial charge in [-0.15, -0.1) is 0 Å². The highest BCUT2D eigenvalue weighted by molar-refractivity contribution is 5.75. The van der Waals surface area contributed by atoms with Gasteiger partial charge in [-0.1, -0.05) is 31.5 Å². The van der Waals surface area contributed by atoms with Gasteiger partial charge in [0, 0.05) is 6.07 Å². The van der Waals surface area contributed by atoms with Gasteiger partial charge in [-0.25, -0.2) is 0 Å². The SMILES string of the molecule is CCCCc1ccccc1Oc1ccc2n[nH]nc2c1. The maximum Gasteiger partial charge on any atom is 0.130 e. The van der Waals surface area contributed by atoms with Gasteiger partial charge in [0.05, 0.1) is 0 Å². The molecule has 3 rings (SSSR count). The Balaban J connectivity index is 1.86. The molecule has 20 heavy (non-hydrogen) atoms. The van der Waals surface area contributed by atoms with Crippen molar-refractivity contribution in [2.75, 3.05) is 0 Å². The first-order valence-corrected chi connectivity index (χ1v) is 6.93. The second kappa shape index (κ2) is 5.74. The number of fused-ring (bicyclic) bond motifs is 1.